The summed E-state index contributed by atoms with van der Waals surface area (Å²) in [4.78, 5) is 17.5. The largest absolute Gasteiger partial charge is 0.346 e. The van der Waals surface area contributed by atoms with Crippen LogP contribution in [0.3, 0.4) is 0 Å². The number of allylic oxidation sites excluding steroid dienone is 6. The smallest absolute Gasteiger partial charge is 0.323 e. The van der Waals surface area contributed by atoms with Crippen LogP contribution in [-0.2, 0) is 18.9 Å². The van der Waals surface area contributed by atoms with Crippen molar-refractivity contribution in [3.8, 4) is 0 Å². The van der Waals surface area contributed by atoms with Gasteiger partial charge in [-0.15, -0.1) is 0 Å². The molecule has 1 aliphatic rings. The van der Waals surface area contributed by atoms with Gasteiger partial charge in [-0.2, -0.15) is 8.42 Å². The zero-order valence-corrected chi connectivity index (χ0v) is 22.0. The molecule has 186 valence electrons. The van der Waals surface area contributed by atoms with Crippen molar-refractivity contribution < 1.29 is 27.0 Å². The highest BCUT2D eigenvalue weighted by atomic mass is 32.2. The van der Waals surface area contributed by atoms with E-state index in [-0.39, 0.29) is 6.42 Å². The van der Waals surface area contributed by atoms with Crippen molar-refractivity contribution in [2.24, 2.45) is 0 Å². The first-order valence-electron chi connectivity index (χ1n) is 11.8. The first-order valence-corrected chi connectivity index (χ1v) is 15.0. The number of unbranched alkanes of at least 4 members (excludes halogenated alkanes) is 1. The van der Waals surface area contributed by atoms with Crippen LogP contribution < -0.4 is 0 Å². The monoisotopic (exact) mass is 490 g/mol. The molecule has 0 aromatic heterocycles. The Labute approximate surface area is 195 Å². The lowest BCUT2D eigenvalue weighted by atomic mass is 9.98. The zero-order valence-electron chi connectivity index (χ0n) is 20.3. The molecule has 1 aliphatic carbocycles. The SMILES string of the molecule is CC(C)=CCC/C(C)=C/CC/C(C)=C/CCCC(P(=O)(O)O)S(=O)(=O)OC1CCCCC1. The first-order chi connectivity index (χ1) is 14.9. The fourth-order valence-electron chi connectivity index (χ4n) is 3.88. The highest BCUT2D eigenvalue weighted by Gasteiger charge is 2.42. The van der Waals surface area contributed by atoms with Crippen molar-refractivity contribution in [2.45, 2.75) is 116 Å². The Bertz CT molecular complexity index is 796. The van der Waals surface area contributed by atoms with Crippen LogP contribution in [0.25, 0.3) is 0 Å². The summed E-state index contributed by atoms with van der Waals surface area (Å²) in [5.74, 6) is 0. The average Bonchev–Trinajstić information content (AvgIpc) is 2.66. The normalized spacial score (nSPS) is 17.9. The van der Waals surface area contributed by atoms with Crippen LogP contribution in [-0.4, -0.2) is 29.3 Å². The number of rotatable bonds is 14. The summed E-state index contributed by atoms with van der Waals surface area (Å²) in [6.45, 7) is 8.40. The van der Waals surface area contributed by atoms with Gasteiger partial charge < -0.3 is 9.79 Å². The molecule has 2 N–H and O–H groups in total. The Balaban J connectivity index is 2.50. The lowest BCUT2D eigenvalue weighted by Gasteiger charge is -2.25. The minimum Gasteiger partial charge on any atom is -0.323 e. The molecular formula is C24H43O6PS. The van der Waals surface area contributed by atoms with Crippen LogP contribution in [0, 0.1) is 0 Å². The van der Waals surface area contributed by atoms with Crippen molar-refractivity contribution in [1.29, 1.82) is 0 Å². The van der Waals surface area contributed by atoms with E-state index in [9.17, 15) is 22.8 Å². The number of hydrogen-bond donors (Lipinski definition) is 2. The molecule has 0 spiro atoms. The molecule has 0 bridgehead atoms. The van der Waals surface area contributed by atoms with Crippen molar-refractivity contribution in [1.82, 2.24) is 0 Å². The predicted molar refractivity (Wildman–Crippen MR) is 132 cm³/mol. The highest BCUT2D eigenvalue weighted by molar-refractivity contribution is 7.94. The Kier molecular flexibility index (Phi) is 13.3. The summed E-state index contributed by atoms with van der Waals surface area (Å²) in [6, 6.07) is 0. The van der Waals surface area contributed by atoms with E-state index in [1.807, 2.05) is 13.0 Å². The van der Waals surface area contributed by atoms with Crippen molar-refractivity contribution in [2.75, 3.05) is 0 Å². The summed E-state index contributed by atoms with van der Waals surface area (Å²) in [6.07, 6.45) is 15.0. The van der Waals surface area contributed by atoms with Gasteiger partial charge in [-0.3, -0.25) is 8.75 Å². The van der Waals surface area contributed by atoms with Crippen LogP contribution in [0.1, 0.15) is 105 Å². The van der Waals surface area contributed by atoms with Gasteiger partial charge in [0, 0.05) is 0 Å². The van der Waals surface area contributed by atoms with E-state index < -0.39 is 28.8 Å². The molecule has 0 heterocycles. The molecule has 6 nitrogen and oxygen atoms in total. The zero-order chi connectivity index (χ0) is 24.2. The van der Waals surface area contributed by atoms with Gasteiger partial charge in [0.2, 0.25) is 0 Å². The van der Waals surface area contributed by atoms with Crippen LogP contribution in [0.2, 0.25) is 0 Å². The van der Waals surface area contributed by atoms with Gasteiger partial charge in [-0.1, -0.05) is 54.2 Å². The molecule has 1 fully saturated rings. The maximum absolute atomic E-state index is 12.6. The van der Waals surface area contributed by atoms with Gasteiger partial charge in [0.1, 0.15) is 0 Å². The molecule has 8 heteroatoms. The van der Waals surface area contributed by atoms with Crippen LogP contribution >= 0.6 is 7.60 Å². The third-order valence-electron chi connectivity index (χ3n) is 5.80. The fourth-order valence-corrected chi connectivity index (χ4v) is 7.04. The van der Waals surface area contributed by atoms with Gasteiger partial charge in [0.05, 0.1) is 6.10 Å². The van der Waals surface area contributed by atoms with Crippen LogP contribution in [0.5, 0.6) is 0 Å². The molecule has 32 heavy (non-hydrogen) atoms. The second-order valence-corrected chi connectivity index (χ2v) is 13.2. The van der Waals surface area contributed by atoms with Crippen LogP contribution in [0.4, 0.5) is 0 Å². The van der Waals surface area contributed by atoms with E-state index in [1.165, 1.54) is 16.7 Å². The molecule has 1 atom stereocenters. The maximum Gasteiger partial charge on any atom is 0.346 e. The second kappa shape index (κ2) is 14.5. The molecular weight excluding hydrogens is 447 g/mol. The molecule has 0 aromatic rings. The van der Waals surface area contributed by atoms with E-state index in [2.05, 4.69) is 32.9 Å². The van der Waals surface area contributed by atoms with Crippen molar-refractivity contribution >= 4 is 17.7 Å². The molecule has 1 unspecified atom stereocenters. The standard InChI is InChI=1S/C24H43O6PS/c1-20(2)12-10-14-22(4)16-11-15-21(3)13-8-9-19-24(31(25,26)27)32(28,29)30-23-17-6-5-7-18-23/h12-13,16,23-24H,5-11,14-15,17-19H2,1-4H3,(H2,25,26,27)/b21-13+,22-16+. The topological polar surface area (TPSA) is 101 Å². The van der Waals surface area contributed by atoms with Gasteiger partial charge in [-0.25, -0.2) is 0 Å². The van der Waals surface area contributed by atoms with E-state index in [0.29, 0.717) is 25.7 Å². The molecule has 1 saturated carbocycles. The first kappa shape index (κ1) is 29.3. The molecule has 0 amide bonds. The third kappa shape index (κ3) is 12.5. The maximum atomic E-state index is 12.6. The lowest BCUT2D eigenvalue weighted by molar-refractivity contribution is 0.160. The summed E-state index contributed by atoms with van der Waals surface area (Å²) in [7, 11) is -9.13. The molecule has 0 aromatic carbocycles. The van der Waals surface area contributed by atoms with Crippen molar-refractivity contribution in [3.05, 3.63) is 34.9 Å². The van der Waals surface area contributed by atoms with Gasteiger partial charge >= 0.3 is 7.60 Å². The van der Waals surface area contributed by atoms with E-state index in [0.717, 1.165) is 44.9 Å². The van der Waals surface area contributed by atoms with E-state index in [4.69, 9.17) is 4.18 Å². The summed E-state index contributed by atoms with van der Waals surface area (Å²) in [5, 5.41) is 0. The fraction of sp³-hybridized carbons (Fsp3) is 0.750. The predicted octanol–water partition coefficient (Wildman–Crippen LogP) is 6.76. The van der Waals surface area contributed by atoms with Gasteiger partial charge in [0.25, 0.3) is 10.1 Å². The quantitative estimate of drug-likeness (QED) is 0.121. The minimum absolute atomic E-state index is 0.105. The minimum atomic E-state index is -4.82. The third-order valence-corrected chi connectivity index (χ3v) is 9.85. The Morgan fingerprint density at radius 2 is 1.47 bits per heavy atom. The Morgan fingerprint density at radius 1 is 0.938 bits per heavy atom. The Hall–Kier alpha value is -0.720. The molecule has 0 saturated heterocycles. The molecule has 1 rings (SSSR count). The van der Waals surface area contributed by atoms with E-state index in [1.54, 1.807) is 0 Å². The van der Waals surface area contributed by atoms with Gasteiger partial charge in [-0.05, 0) is 85.5 Å². The van der Waals surface area contributed by atoms with Crippen molar-refractivity contribution in [3.63, 3.8) is 0 Å². The Morgan fingerprint density at radius 3 is 2.00 bits per heavy atom. The molecule has 0 radical (unpaired) electrons. The van der Waals surface area contributed by atoms with Gasteiger partial charge in [0.15, 0.2) is 4.99 Å². The second-order valence-electron chi connectivity index (χ2n) is 9.28. The van der Waals surface area contributed by atoms with Crippen LogP contribution in [0.15, 0.2) is 34.9 Å². The summed E-state index contributed by atoms with van der Waals surface area (Å²) >= 11 is 0. The number of hydrogen-bond acceptors (Lipinski definition) is 4. The van der Waals surface area contributed by atoms with E-state index >= 15 is 0 Å². The summed E-state index contributed by atoms with van der Waals surface area (Å²) in [5.41, 5.74) is 3.92. The lowest BCUT2D eigenvalue weighted by Crippen LogP contribution is -2.29. The average molecular weight is 491 g/mol. The summed E-state index contributed by atoms with van der Waals surface area (Å²) < 4.78 is 42.2. The molecule has 0 aliphatic heterocycles. The highest BCUT2D eigenvalue weighted by Crippen LogP contribution is 2.47.